The molecule has 0 unspecified atom stereocenters. The number of amides is 2. The van der Waals surface area contributed by atoms with Crippen molar-refractivity contribution in [2.24, 2.45) is 0 Å². The molecule has 7 nitrogen and oxygen atoms in total. The normalized spacial score (nSPS) is 11.4. The van der Waals surface area contributed by atoms with Gasteiger partial charge in [-0.15, -0.1) is 0 Å². The standard InChI is InChI=1S/C19H20F3N5O2/c1-2-29-15-9-4-3-7-13(15)26-18(28)24-11-6-12-27-16-14(8-5-10-23-16)25-17(27)19(20,21)22/h3-5,7-10H,2,6,11-12H2,1H3,(H2,24,26,28). The molecule has 0 spiro atoms. The maximum atomic E-state index is 13.3. The third-order valence-corrected chi connectivity index (χ3v) is 4.04. The van der Waals surface area contributed by atoms with Gasteiger partial charge in [0.2, 0.25) is 5.82 Å². The number of aryl methyl sites for hydroxylation is 1. The molecule has 0 fully saturated rings. The second-order valence-electron chi connectivity index (χ2n) is 6.09. The molecule has 0 atom stereocenters. The van der Waals surface area contributed by atoms with Gasteiger partial charge in [-0.25, -0.2) is 14.8 Å². The van der Waals surface area contributed by atoms with Gasteiger partial charge in [0.15, 0.2) is 5.65 Å². The monoisotopic (exact) mass is 407 g/mol. The molecule has 0 bridgehead atoms. The van der Waals surface area contributed by atoms with Crippen molar-refractivity contribution in [2.75, 3.05) is 18.5 Å². The lowest BCUT2D eigenvalue weighted by atomic mass is 10.3. The van der Waals surface area contributed by atoms with Crippen LogP contribution in [0.3, 0.4) is 0 Å². The van der Waals surface area contributed by atoms with Gasteiger partial charge in [0, 0.05) is 19.3 Å². The summed E-state index contributed by atoms with van der Waals surface area (Å²) in [6, 6.07) is 9.52. The van der Waals surface area contributed by atoms with Gasteiger partial charge >= 0.3 is 12.2 Å². The first-order chi connectivity index (χ1) is 13.9. The topological polar surface area (TPSA) is 81.1 Å². The van der Waals surface area contributed by atoms with Crippen LogP contribution in [-0.4, -0.2) is 33.7 Å². The molecule has 2 heterocycles. The zero-order valence-corrected chi connectivity index (χ0v) is 15.7. The number of anilines is 1. The zero-order chi connectivity index (χ0) is 20.9. The number of nitrogens with zero attached hydrogens (tertiary/aromatic N) is 3. The highest BCUT2D eigenvalue weighted by Crippen LogP contribution is 2.31. The molecule has 29 heavy (non-hydrogen) atoms. The lowest BCUT2D eigenvalue weighted by molar-refractivity contribution is -0.147. The number of alkyl halides is 3. The second kappa shape index (κ2) is 8.80. The number of ether oxygens (including phenoxy) is 1. The van der Waals surface area contributed by atoms with Crippen molar-refractivity contribution in [2.45, 2.75) is 26.1 Å². The van der Waals surface area contributed by atoms with Gasteiger partial charge in [0.1, 0.15) is 11.3 Å². The number of pyridine rings is 1. The predicted molar refractivity (Wildman–Crippen MR) is 102 cm³/mol. The van der Waals surface area contributed by atoms with E-state index in [1.807, 2.05) is 6.92 Å². The van der Waals surface area contributed by atoms with Crippen LogP contribution in [0.5, 0.6) is 5.75 Å². The Morgan fingerprint density at radius 3 is 2.76 bits per heavy atom. The number of fused-ring (bicyclic) bond motifs is 1. The number of benzene rings is 1. The van der Waals surface area contributed by atoms with E-state index in [4.69, 9.17) is 4.74 Å². The minimum absolute atomic E-state index is 0.0121. The summed E-state index contributed by atoms with van der Waals surface area (Å²) in [4.78, 5) is 19.7. The molecule has 0 aliphatic rings. The molecule has 10 heteroatoms. The van der Waals surface area contributed by atoms with Gasteiger partial charge in [-0.3, -0.25) is 0 Å². The molecule has 3 aromatic rings. The maximum absolute atomic E-state index is 13.3. The number of hydrogen-bond donors (Lipinski definition) is 2. The SMILES string of the molecule is CCOc1ccccc1NC(=O)NCCCn1c(C(F)(F)F)nc2cccnc21. The molecular weight excluding hydrogens is 387 g/mol. The highest BCUT2D eigenvalue weighted by atomic mass is 19.4. The van der Waals surface area contributed by atoms with Crippen LogP contribution in [-0.2, 0) is 12.7 Å². The van der Waals surface area contributed by atoms with Gasteiger partial charge in [-0.1, -0.05) is 12.1 Å². The second-order valence-corrected chi connectivity index (χ2v) is 6.09. The third-order valence-electron chi connectivity index (χ3n) is 4.04. The number of aromatic nitrogens is 3. The minimum Gasteiger partial charge on any atom is -0.492 e. The average molecular weight is 407 g/mol. The molecule has 2 N–H and O–H groups in total. The number of carbonyl (C=O) groups is 1. The first-order valence-electron chi connectivity index (χ1n) is 9.05. The van der Waals surface area contributed by atoms with Crippen LogP contribution in [0, 0.1) is 0 Å². The fourth-order valence-corrected chi connectivity index (χ4v) is 2.84. The van der Waals surface area contributed by atoms with Crippen molar-refractivity contribution in [3.8, 4) is 5.75 Å². The van der Waals surface area contributed by atoms with Gasteiger partial charge in [-0.2, -0.15) is 13.2 Å². The van der Waals surface area contributed by atoms with E-state index < -0.39 is 18.0 Å². The van der Waals surface area contributed by atoms with Gasteiger partial charge in [0.25, 0.3) is 0 Å². The van der Waals surface area contributed by atoms with Gasteiger partial charge in [-0.05, 0) is 37.6 Å². The van der Waals surface area contributed by atoms with Crippen LogP contribution < -0.4 is 15.4 Å². The smallest absolute Gasteiger partial charge is 0.449 e. The molecule has 0 saturated heterocycles. The summed E-state index contributed by atoms with van der Waals surface area (Å²) in [6.07, 6.45) is -2.90. The molecular formula is C19H20F3N5O2. The number of halogens is 3. The van der Waals surface area contributed by atoms with Gasteiger partial charge in [0.05, 0.1) is 12.3 Å². The zero-order valence-electron chi connectivity index (χ0n) is 15.7. The Labute approximate surface area is 164 Å². The number of para-hydroxylation sites is 2. The van der Waals surface area contributed by atoms with Crippen molar-refractivity contribution >= 4 is 22.9 Å². The fraction of sp³-hybridized carbons (Fsp3) is 0.316. The Kier molecular flexibility index (Phi) is 6.20. The summed E-state index contributed by atoms with van der Waals surface area (Å²) in [7, 11) is 0. The van der Waals surface area contributed by atoms with E-state index in [-0.39, 0.29) is 30.7 Å². The Morgan fingerprint density at radius 2 is 2.00 bits per heavy atom. The summed E-state index contributed by atoms with van der Waals surface area (Å²) in [5.74, 6) is -0.461. The Bertz CT molecular complexity index is 987. The highest BCUT2D eigenvalue weighted by molar-refractivity contribution is 5.90. The molecule has 1 aromatic carbocycles. The molecule has 154 valence electrons. The van der Waals surface area contributed by atoms with Crippen LogP contribution in [0.4, 0.5) is 23.7 Å². The minimum atomic E-state index is -4.59. The quantitative estimate of drug-likeness (QED) is 0.579. The summed E-state index contributed by atoms with van der Waals surface area (Å²) >= 11 is 0. The van der Waals surface area contributed by atoms with Crippen molar-refractivity contribution in [1.29, 1.82) is 0 Å². The van der Waals surface area contributed by atoms with E-state index in [1.165, 1.54) is 18.3 Å². The highest BCUT2D eigenvalue weighted by Gasteiger charge is 2.37. The lowest BCUT2D eigenvalue weighted by Gasteiger charge is -2.13. The van der Waals surface area contributed by atoms with Crippen molar-refractivity contribution < 1.29 is 22.7 Å². The van der Waals surface area contributed by atoms with E-state index in [9.17, 15) is 18.0 Å². The molecule has 2 aromatic heterocycles. The predicted octanol–water partition coefficient (Wildman–Crippen LogP) is 4.06. The maximum Gasteiger partial charge on any atom is 0.449 e. The summed E-state index contributed by atoms with van der Waals surface area (Å²) < 4.78 is 46.3. The van der Waals surface area contributed by atoms with Crippen LogP contribution in [0.25, 0.3) is 11.2 Å². The summed E-state index contributed by atoms with van der Waals surface area (Å²) in [5.41, 5.74) is 0.851. The van der Waals surface area contributed by atoms with Crippen LogP contribution in [0.1, 0.15) is 19.2 Å². The molecule has 3 rings (SSSR count). The number of rotatable bonds is 7. The van der Waals surface area contributed by atoms with E-state index in [0.29, 0.717) is 18.0 Å². The van der Waals surface area contributed by atoms with Crippen molar-refractivity contribution in [3.63, 3.8) is 0 Å². The Hall–Kier alpha value is -3.30. The average Bonchev–Trinajstić information content (AvgIpc) is 3.06. The first-order valence-corrected chi connectivity index (χ1v) is 9.05. The van der Waals surface area contributed by atoms with Crippen LogP contribution in [0.2, 0.25) is 0 Å². The Morgan fingerprint density at radius 1 is 1.21 bits per heavy atom. The Balaban J connectivity index is 1.59. The summed E-state index contributed by atoms with van der Waals surface area (Å²) in [5, 5.41) is 5.30. The molecule has 0 aliphatic heterocycles. The van der Waals surface area contributed by atoms with Crippen LogP contribution in [0.15, 0.2) is 42.6 Å². The number of carbonyl (C=O) groups excluding carboxylic acids is 1. The number of hydrogen-bond acceptors (Lipinski definition) is 4. The van der Waals surface area contributed by atoms with Crippen molar-refractivity contribution in [1.82, 2.24) is 19.9 Å². The molecule has 0 saturated carbocycles. The number of nitrogens with one attached hydrogen (secondary N) is 2. The molecule has 0 radical (unpaired) electrons. The van der Waals surface area contributed by atoms with E-state index in [2.05, 4.69) is 20.6 Å². The third kappa shape index (κ3) is 4.95. The fourth-order valence-electron chi connectivity index (χ4n) is 2.84. The van der Waals surface area contributed by atoms with E-state index in [0.717, 1.165) is 4.57 Å². The van der Waals surface area contributed by atoms with E-state index in [1.54, 1.807) is 24.3 Å². The number of urea groups is 1. The molecule has 2 amide bonds. The molecule has 0 aliphatic carbocycles. The van der Waals surface area contributed by atoms with Gasteiger partial charge < -0.3 is 19.9 Å². The first kappa shape index (κ1) is 20.4. The lowest BCUT2D eigenvalue weighted by Crippen LogP contribution is -2.30. The van der Waals surface area contributed by atoms with Crippen molar-refractivity contribution in [3.05, 3.63) is 48.4 Å². The van der Waals surface area contributed by atoms with E-state index >= 15 is 0 Å². The summed E-state index contributed by atoms with van der Waals surface area (Å²) in [6.45, 7) is 2.47. The van der Waals surface area contributed by atoms with Crippen LogP contribution >= 0.6 is 0 Å². The largest absolute Gasteiger partial charge is 0.492 e. The number of imidazole rings is 1.